The van der Waals surface area contributed by atoms with Gasteiger partial charge in [-0.2, -0.15) is 0 Å². The molecule has 2 aromatic rings. The highest BCUT2D eigenvalue weighted by Gasteiger charge is 2.32. The molecule has 1 heterocycles. The number of hydrogen-bond donors (Lipinski definition) is 1. The quantitative estimate of drug-likeness (QED) is 0.921. The normalized spacial score (nSPS) is 16.5. The van der Waals surface area contributed by atoms with Crippen molar-refractivity contribution in [1.29, 1.82) is 0 Å². The molecule has 5 heteroatoms. The first kappa shape index (κ1) is 12.8. The van der Waals surface area contributed by atoms with Crippen LogP contribution >= 0.6 is 15.9 Å². The van der Waals surface area contributed by atoms with Gasteiger partial charge in [-0.05, 0) is 36.5 Å². The molecule has 3 rings (SSSR count). The van der Waals surface area contributed by atoms with E-state index in [2.05, 4.69) is 55.7 Å². The SMILES string of the molecule is Cn1cnnc1CN[C@@H](c1ccc(Br)cc1)C1CC1. The first-order valence-electron chi connectivity index (χ1n) is 6.56. The summed E-state index contributed by atoms with van der Waals surface area (Å²) in [5, 5.41) is 11.7. The van der Waals surface area contributed by atoms with Gasteiger partial charge in [0.1, 0.15) is 12.2 Å². The second-order valence-corrected chi connectivity index (χ2v) is 6.02. The standard InChI is InChI=1S/C14H17BrN4/c1-19-9-17-18-13(19)8-16-14(10-2-3-10)11-4-6-12(15)7-5-11/h4-7,9-10,14,16H,2-3,8H2,1H3/t14-/m1/s1. The third kappa shape index (κ3) is 3.04. The molecular formula is C14H17BrN4. The maximum absolute atomic E-state index is 4.12. The Kier molecular flexibility index (Phi) is 3.66. The van der Waals surface area contributed by atoms with Crippen molar-refractivity contribution in [2.75, 3.05) is 0 Å². The predicted molar refractivity (Wildman–Crippen MR) is 77.4 cm³/mol. The Morgan fingerprint density at radius 3 is 2.68 bits per heavy atom. The molecule has 0 spiro atoms. The molecule has 1 N–H and O–H groups in total. The van der Waals surface area contributed by atoms with Gasteiger partial charge in [-0.15, -0.1) is 10.2 Å². The molecule has 1 aliphatic carbocycles. The Hall–Kier alpha value is -1.20. The molecular weight excluding hydrogens is 304 g/mol. The first-order chi connectivity index (χ1) is 9.24. The lowest BCUT2D eigenvalue weighted by atomic mass is 10.0. The van der Waals surface area contributed by atoms with Crippen LogP contribution in [0.3, 0.4) is 0 Å². The molecule has 100 valence electrons. The lowest BCUT2D eigenvalue weighted by Crippen LogP contribution is -2.24. The number of aromatic nitrogens is 3. The van der Waals surface area contributed by atoms with Gasteiger partial charge in [-0.25, -0.2) is 0 Å². The topological polar surface area (TPSA) is 42.7 Å². The second kappa shape index (κ2) is 5.43. The Balaban J connectivity index is 1.71. The van der Waals surface area contributed by atoms with Gasteiger partial charge < -0.3 is 9.88 Å². The summed E-state index contributed by atoms with van der Waals surface area (Å²) in [6.45, 7) is 0.758. The molecule has 1 atom stereocenters. The molecule has 0 bridgehead atoms. The van der Waals surface area contributed by atoms with Crippen molar-refractivity contribution in [3.63, 3.8) is 0 Å². The highest BCUT2D eigenvalue weighted by atomic mass is 79.9. The van der Waals surface area contributed by atoms with Crippen molar-refractivity contribution in [2.24, 2.45) is 13.0 Å². The molecule has 4 nitrogen and oxygen atoms in total. The molecule has 0 aliphatic heterocycles. The van der Waals surface area contributed by atoms with Crippen molar-refractivity contribution in [1.82, 2.24) is 20.1 Å². The van der Waals surface area contributed by atoms with Gasteiger partial charge in [0.2, 0.25) is 0 Å². The fraction of sp³-hybridized carbons (Fsp3) is 0.429. The first-order valence-corrected chi connectivity index (χ1v) is 7.35. The van der Waals surface area contributed by atoms with E-state index in [1.165, 1.54) is 18.4 Å². The minimum absolute atomic E-state index is 0.421. The van der Waals surface area contributed by atoms with Crippen molar-refractivity contribution in [3.8, 4) is 0 Å². The lowest BCUT2D eigenvalue weighted by molar-refractivity contribution is 0.467. The Labute approximate surface area is 121 Å². The van der Waals surface area contributed by atoms with E-state index in [1.54, 1.807) is 6.33 Å². The van der Waals surface area contributed by atoms with Crippen molar-refractivity contribution >= 4 is 15.9 Å². The highest BCUT2D eigenvalue weighted by Crippen LogP contribution is 2.41. The van der Waals surface area contributed by atoms with Gasteiger partial charge in [-0.1, -0.05) is 28.1 Å². The van der Waals surface area contributed by atoms with Gasteiger partial charge in [0, 0.05) is 17.6 Å². The van der Waals surface area contributed by atoms with Crippen LogP contribution in [-0.4, -0.2) is 14.8 Å². The smallest absolute Gasteiger partial charge is 0.146 e. The number of halogens is 1. The van der Waals surface area contributed by atoms with Gasteiger partial charge in [-0.3, -0.25) is 0 Å². The molecule has 1 fully saturated rings. The molecule has 19 heavy (non-hydrogen) atoms. The zero-order chi connectivity index (χ0) is 13.2. The third-order valence-electron chi connectivity index (χ3n) is 3.61. The van der Waals surface area contributed by atoms with E-state index in [-0.39, 0.29) is 0 Å². The molecule has 0 amide bonds. The fourth-order valence-electron chi connectivity index (χ4n) is 2.32. The molecule has 1 saturated carbocycles. The minimum atomic E-state index is 0.421. The monoisotopic (exact) mass is 320 g/mol. The van der Waals surface area contributed by atoms with E-state index in [0.717, 1.165) is 22.8 Å². The van der Waals surface area contributed by atoms with Crippen LogP contribution in [0.2, 0.25) is 0 Å². The van der Waals surface area contributed by atoms with E-state index in [9.17, 15) is 0 Å². The summed E-state index contributed by atoms with van der Waals surface area (Å²) >= 11 is 3.49. The summed E-state index contributed by atoms with van der Waals surface area (Å²) in [5.74, 6) is 1.73. The van der Waals surface area contributed by atoms with Crippen LogP contribution < -0.4 is 5.32 Å². The number of nitrogens with zero attached hydrogens (tertiary/aromatic N) is 3. The average molecular weight is 321 g/mol. The molecule has 0 unspecified atom stereocenters. The largest absolute Gasteiger partial charge is 0.320 e. The number of aryl methyl sites for hydroxylation is 1. The highest BCUT2D eigenvalue weighted by molar-refractivity contribution is 9.10. The van der Waals surface area contributed by atoms with Crippen LogP contribution in [0.25, 0.3) is 0 Å². The van der Waals surface area contributed by atoms with Gasteiger partial charge in [0.15, 0.2) is 0 Å². The lowest BCUT2D eigenvalue weighted by Gasteiger charge is -2.18. The zero-order valence-corrected chi connectivity index (χ0v) is 12.5. The summed E-state index contributed by atoms with van der Waals surface area (Å²) in [5.41, 5.74) is 1.35. The van der Waals surface area contributed by atoms with Crippen LogP contribution in [0.1, 0.15) is 30.3 Å². The number of rotatable bonds is 5. The van der Waals surface area contributed by atoms with Gasteiger partial charge in [0.25, 0.3) is 0 Å². The summed E-state index contributed by atoms with van der Waals surface area (Å²) < 4.78 is 3.08. The van der Waals surface area contributed by atoms with Crippen LogP contribution in [0.4, 0.5) is 0 Å². The Bertz CT molecular complexity index is 545. The Morgan fingerprint density at radius 2 is 2.11 bits per heavy atom. The minimum Gasteiger partial charge on any atom is -0.320 e. The van der Waals surface area contributed by atoms with E-state index >= 15 is 0 Å². The van der Waals surface area contributed by atoms with Crippen molar-refractivity contribution in [3.05, 3.63) is 46.5 Å². The molecule has 1 aliphatic rings. The van der Waals surface area contributed by atoms with E-state index in [1.807, 2.05) is 11.6 Å². The van der Waals surface area contributed by atoms with E-state index in [4.69, 9.17) is 0 Å². The summed E-state index contributed by atoms with van der Waals surface area (Å²) in [4.78, 5) is 0. The van der Waals surface area contributed by atoms with Gasteiger partial charge >= 0.3 is 0 Å². The number of hydrogen-bond acceptors (Lipinski definition) is 3. The van der Waals surface area contributed by atoms with E-state index < -0.39 is 0 Å². The molecule has 1 aromatic heterocycles. The van der Waals surface area contributed by atoms with E-state index in [0.29, 0.717) is 6.04 Å². The van der Waals surface area contributed by atoms with Crippen LogP contribution in [0, 0.1) is 5.92 Å². The van der Waals surface area contributed by atoms with Crippen molar-refractivity contribution in [2.45, 2.75) is 25.4 Å². The number of nitrogens with one attached hydrogen (secondary N) is 1. The zero-order valence-electron chi connectivity index (χ0n) is 10.9. The van der Waals surface area contributed by atoms with Crippen LogP contribution in [0.15, 0.2) is 35.1 Å². The molecule has 0 radical (unpaired) electrons. The maximum Gasteiger partial charge on any atom is 0.146 e. The fourth-order valence-corrected chi connectivity index (χ4v) is 2.59. The van der Waals surface area contributed by atoms with Crippen LogP contribution in [-0.2, 0) is 13.6 Å². The maximum atomic E-state index is 4.12. The second-order valence-electron chi connectivity index (χ2n) is 5.11. The van der Waals surface area contributed by atoms with Crippen LogP contribution in [0.5, 0.6) is 0 Å². The molecule has 1 aromatic carbocycles. The summed E-state index contributed by atoms with van der Waals surface area (Å²) in [6, 6.07) is 9.02. The third-order valence-corrected chi connectivity index (χ3v) is 4.14. The molecule has 0 saturated heterocycles. The Morgan fingerprint density at radius 1 is 1.37 bits per heavy atom. The van der Waals surface area contributed by atoms with Gasteiger partial charge in [0.05, 0.1) is 6.54 Å². The summed E-state index contributed by atoms with van der Waals surface area (Å²) in [6.07, 6.45) is 4.36. The van der Waals surface area contributed by atoms with Crippen molar-refractivity contribution < 1.29 is 0 Å². The predicted octanol–water partition coefficient (Wildman–Crippen LogP) is 2.82. The average Bonchev–Trinajstić information content (AvgIpc) is 3.16. The summed E-state index contributed by atoms with van der Waals surface area (Å²) in [7, 11) is 1.97. The number of benzene rings is 1.